The second-order valence-electron chi connectivity index (χ2n) is 6.70. The normalized spacial score (nSPS) is 18.2. The summed E-state index contributed by atoms with van der Waals surface area (Å²) in [4.78, 5) is 11.0. The van der Waals surface area contributed by atoms with Crippen LogP contribution >= 0.6 is 0 Å². The van der Waals surface area contributed by atoms with Gasteiger partial charge in [-0.25, -0.2) is 9.97 Å². The fourth-order valence-corrected chi connectivity index (χ4v) is 3.46. The number of aliphatic hydroxyl groups excluding tert-OH is 1. The van der Waals surface area contributed by atoms with Gasteiger partial charge in [-0.05, 0) is 31.7 Å². The Hall–Kier alpha value is -2.12. The van der Waals surface area contributed by atoms with E-state index < -0.39 is 5.60 Å². The Balaban J connectivity index is 1.90. The maximum absolute atomic E-state index is 10.3. The predicted molar refractivity (Wildman–Crippen MR) is 95.3 cm³/mol. The zero-order valence-corrected chi connectivity index (χ0v) is 14.9. The van der Waals surface area contributed by atoms with Crippen LogP contribution < -0.4 is 14.4 Å². The number of methoxy groups -OCH3 is 2. The van der Waals surface area contributed by atoms with Gasteiger partial charge in [0.05, 0.1) is 31.9 Å². The van der Waals surface area contributed by atoms with Gasteiger partial charge >= 0.3 is 0 Å². The molecular formula is C18H25N3O4. The van der Waals surface area contributed by atoms with E-state index in [0.29, 0.717) is 11.5 Å². The molecule has 1 aromatic carbocycles. The van der Waals surface area contributed by atoms with E-state index in [1.165, 1.54) is 0 Å². The van der Waals surface area contributed by atoms with Gasteiger partial charge in [-0.3, -0.25) is 0 Å². The van der Waals surface area contributed by atoms with Crippen LogP contribution in [0.3, 0.4) is 0 Å². The Morgan fingerprint density at radius 1 is 1.16 bits per heavy atom. The SMILES string of the molecule is COc1cc2ncnc(N3CCC(C(C)(O)CO)CC3)c2cc1OC. The molecule has 136 valence electrons. The predicted octanol–water partition coefficient (Wildman–Crippen LogP) is 1.61. The summed E-state index contributed by atoms with van der Waals surface area (Å²) in [5, 5.41) is 20.6. The van der Waals surface area contributed by atoms with Gasteiger partial charge in [-0.15, -0.1) is 0 Å². The minimum absolute atomic E-state index is 0.0801. The van der Waals surface area contributed by atoms with Crippen molar-refractivity contribution >= 4 is 16.7 Å². The Kier molecular flexibility index (Phi) is 4.96. The highest BCUT2D eigenvalue weighted by atomic mass is 16.5. The molecule has 0 saturated carbocycles. The van der Waals surface area contributed by atoms with E-state index in [-0.39, 0.29) is 12.5 Å². The summed E-state index contributed by atoms with van der Waals surface area (Å²) in [7, 11) is 3.21. The quantitative estimate of drug-likeness (QED) is 0.849. The third-order valence-corrected chi connectivity index (χ3v) is 5.11. The number of anilines is 1. The summed E-state index contributed by atoms with van der Waals surface area (Å²) >= 11 is 0. The van der Waals surface area contributed by atoms with Crippen LogP contribution in [-0.4, -0.2) is 59.7 Å². The van der Waals surface area contributed by atoms with Gasteiger partial charge in [0.1, 0.15) is 12.1 Å². The lowest BCUT2D eigenvalue weighted by atomic mass is 9.82. The summed E-state index contributed by atoms with van der Waals surface area (Å²) < 4.78 is 10.7. The Morgan fingerprint density at radius 2 is 1.80 bits per heavy atom. The molecule has 1 atom stereocenters. The zero-order valence-electron chi connectivity index (χ0n) is 14.9. The molecule has 0 radical (unpaired) electrons. The van der Waals surface area contributed by atoms with Crippen molar-refractivity contribution in [3.63, 3.8) is 0 Å². The topological polar surface area (TPSA) is 87.9 Å². The summed E-state index contributed by atoms with van der Waals surface area (Å²) in [5.74, 6) is 2.21. The smallest absolute Gasteiger partial charge is 0.162 e. The van der Waals surface area contributed by atoms with Gasteiger partial charge in [0.15, 0.2) is 11.5 Å². The molecule has 1 saturated heterocycles. The molecule has 2 N–H and O–H groups in total. The number of rotatable bonds is 5. The molecule has 2 aromatic rings. The van der Waals surface area contributed by atoms with Crippen LogP contribution in [0.4, 0.5) is 5.82 Å². The molecule has 25 heavy (non-hydrogen) atoms. The Bertz CT molecular complexity index is 742. The van der Waals surface area contributed by atoms with Gasteiger partial charge in [-0.2, -0.15) is 0 Å². The van der Waals surface area contributed by atoms with Gasteiger partial charge in [0.25, 0.3) is 0 Å². The first kappa shape index (κ1) is 17.7. The van der Waals surface area contributed by atoms with Crippen LogP contribution in [0.1, 0.15) is 19.8 Å². The van der Waals surface area contributed by atoms with Gasteiger partial charge in [0.2, 0.25) is 0 Å². The lowest BCUT2D eigenvalue weighted by Gasteiger charge is -2.39. The molecule has 1 aromatic heterocycles. The highest BCUT2D eigenvalue weighted by molar-refractivity contribution is 5.92. The van der Waals surface area contributed by atoms with Crippen molar-refractivity contribution in [1.82, 2.24) is 9.97 Å². The van der Waals surface area contributed by atoms with Crippen LogP contribution in [0.15, 0.2) is 18.5 Å². The largest absolute Gasteiger partial charge is 0.493 e. The van der Waals surface area contributed by atoms with Crippen LogP contribution in [0.5, 0.6) is 11.5 Å². The minimum Gasteiger partial charge on any atom is -0.493 e. The molecule has 0 spiro atoms. The van der Waals surface area contributed by atoms with Crippen LogP contribution in [-0.2, 0) is 0 Å². The van der Waals surface area contributed by atoms with E-state index in [0.717, 1.165) is 42.7 Å². The zero-order chi connectivity index (χ0) is 18.0. The molecule has 0 amide bonds. The summed E-state index contributed by atoms with van der Waals surface area (Å²) in [6.07, 6.45) is 3.15. The van der Waals surface area contributed by atoms with Gasteiger partial charge in [-0.1, -0.05) is 0 Å². The molecule has 1 unspecified atom stereocenters. The van der Waals surface area contributed by atoms with Crippen LogP contribution in [0.25, 0.3) is 10.9 Å². The van der Waals surface area contributed by atoms with E-state index in [1.54, 1.807) is 27.5 Å². The number of hydrogen-bond acceptors (Lipinski definition) is 7. The van der Waals surface area contributed by atoms with Crippen molar-refractivity contribution in [3.8, 4) is 11.5 Å². The first-order valence-electron chi connectivity index (χ1n) is 8.45. The number of benzene rings is 1. The molecule has 1 aliphatic heterocycles. The second-order valence-corrected chi connectivity index (χ2v) is 6.70. The molecule has 1 fully saturated rings. The van der Waals surface area contributed by atoms with Crippen molar-refractivity contribution < 1.29 is 19.7 Å². The van der Waals surface area contributed by atoms with Crippen molar-refractivity contribution in [3.05, 3.63) is 18.5 Å². The summed E-state index contributed by atoms with van der Waals surface area (Å²) in [6, 6.07) is 3.75. The van der Waals surface area contributed by atoms with Crippen LogP contribution in [0, 0.1) is 5.92 Å². The van der Waals surface area contributed by atoms with Gasteiger partial charge < -0.3 is 24.6 Å². The fraction of sp³-hybridized carbons (Fsp3) is 0.556. The summed E-state index contributed by atoms with van der Waals surface area (Å²) in [6.45, 7) is 3.01. The standard InChI is InChI=1S/C18H25N3O4/c1-18(23,10-22)12-4-6-21(7-5-12)17-13-8-15(24-2)16(25-3)9-14(13)19-11-20-17/h8-9,11-12,22-23H,4-7,10H2,1-3H3. The number of ether oxygens (including phenoxy) is 2. The highest BCUT2D eigenvalue weighted by Gasteiger charge is 2.34. The lowest BCUT2D eigenvalue weighted by Crippen LogP contribution is -2.45. The third kappa shape index (κ3) is 3.34. The van der Waals surface area contributed by atoms with Gasteiger partial charge in [0, 0.05) is 24.5 Å². The van der Waals surface area contributed by atoms with Crippen molar-refractivity contribution in [1.29, 1.82) is 0 Å². The molecule has 7 heteroatoms. The number of aliphatic hydroxyl groups is 2. The maximum Gasteiger partial charge on any atom is 0.162 e. The molecule has 7 nitrogen and oxygen atoms in total. The average molecular weight is 347 g/mol. The monoisotopic (exact) mass is 347 g/mol. The number of aromatic nitrogens is 2. The van der Waals surface area contributed by atoms with E-state index in [9.17, 15) is 10.2 Å². The Morgan fingerprint density at radius 3 is 2.40 bits per heavy atom. The van der Waals surface area contributed by atoms with Crippen LogP contribution in [0.2, 0.25) is 0 Å². The first-order valence-corrected chi connectivity index (χ1v) is 8.45. The van der Waals surface area contributed by atoms with E-state index in [1.807, 2.05) is 12.1 Å². The number of fused-ring (bicyclic) bond motifs is 1. The third-order valence-electron chi connectivity index (χ3n) is 5.11. The summed E-state index contributed by atoms with van der Waals surface area (Å²) in [5.41, 5.74) is -0.233. The van der Waals surface area contributed by atoms with E-state index in [4.69, 9.17) is 9.47 Å². The van der Waals surface area contributed by atoms with Crippen molar-refractivity contribution in [2.45, 2.75) is 25.4 Å². The second kappa shape index (κ2) is 7.01. The number of nitrogens with zero attached hydrogens (tertiary/aromatic N) is 3. The molecular weight excluding hydrogens is 322 g/mol. The number of piperidine rings is 1. The van der Waals surface area contributed by atoms with E-state index in [2.05, 4.69) is 14.9 Å². The lowest BCUT2D eigenvalue weighted by molar-refractivity contribution is -0.0538. The fourth-order valence-electron chi connectivity index (χ4n) is 3.46. The molecule has 3 rings (SSSR count). The molecule has 1 aliphatic rings. The Labute approximate surface area is 147 Å². The van der Waals surface area contributed by atoms with E-state index >= 15 is 0 Å². The maximum atomic E-state index is 10.3. The first-order chi connectivity index (χ1) is 12.0. The average Bonchev–Trinajstić information content (AvgIpc) is 2.66. The molecule has 0 aliphatic carbocycles. The molecule has 2 heterocycles. The number of hydrogen-bond donors (Lipinski definition) is 2. The molecule has 0 bridgehead atoms. The van der Waals surface area contributed by atoms with Crippen molar-refractivity contribution in [2.75, 3.05) is 38.8 Å². The highest BCUT2D eigenvalue weighted by Crippen LogP contribution is 2.36. The minimum atomic E-state index is -1.03. The van der Waals surface area contributed by atoms with Crippen molar-refractivity contribution in [2.24, 2.45) is 5.92 Å².